The number of thiazole rings is 1. The molecule has 1 N–H and O–H groups in total. The second-order valence-electron chi connectivity index (χ2n) is 6.12. The van der Waals surface area contributed by atoms with E-state index in [1.165, 1.54) is 0 Å². The van der Waals surface area contributed by atoms with Crippen LogP contribution in [0.4, 0.5) is 0 Å². The van der Waals surface area contributed by atoms with Gasteiger partial charge in [-0.05, 0) is 25.0 Å². The number of aliphatic carboxylic acids is 1. The van der Waals surface area contributed by atoms with Crippen molar-refractivity contribution in [2.24, 2.45) is 5.92 Å². The summed E-state index contributed by atoms with van der Waals surface area (Å²) in [5, 5.41) is 11.8. The van der Waals surface area contributed by atoms with Gasteiger partial charge in [0.15, 0.2) is 0 Å². The van der Waals surface area contributed by atoms with Gasteiger partial charge in [0.05, 0.1) is 17.1 Å². The van der Waals surface area contributed by atoms with Gasteiger partial charge < -0.3 is 10.0 Å². The first-order chi connectivity index (χ1) is 11.4. The molecule has 0 atom stereocenters. The van der Waals surface area contributed by atoms with Crippen LogP contribution in [-0.2, 0) is 4.79 Å². The summed E-state index contributed by atoms with van der Waals surface area (Å²) in [6.45, 7) is 6.71. The lowest BCUT2D eigenvalue weighted by Crippen LogP contribution is -2.36. The SMILES string of the molecule is Cc1nc(-c2cccc(C(=O)N(CCC(=O)O)CC(C)C)c2)cs1. The fourth-order valence-corrected chi connectivity index (χ4v) is 3.06. The summed E-state index contributed by atoms with van der Waals surface area (Å²) in [5.74, 6) is -0.769. The first-order valence-corrected chi connectivity index (χ1v) is 8.78. The van der Waals surface area contributed by atoms with Crippen molar-refractivity contribution in [2.45, 2.75) is 27.2 Å². The van der Waals surface area contributed by atoms with Gasteiger partial charge in [-0.3, -0.25) is 9.59 Å². The molecule has 0 saturated heterocycles. The van der Waals surface area contributed by atoms with E-state index in [9.17, 15) is 9.59 Å². The molecule has 1 aromatic carbocycles. The molecule has 2 rings (SSSR count). The number of carboxylic acid groups (broad SMARTS) is 1. The maximum atomic E-state index is 12.8. The normalized spacial score (nSPS) is 10.8. The van der Waals surface area contributed by atoms with Gasteiger partial charge in [-0.2, -0.15) is 0 Å². The van der Waals surface area contributed by atoms with Gasteiger partial charge in [-0.1, -0.05) is 26.0 Å². The van der Waals surface area contributed by atoms with Crippen LogP contribution in [0.3, 0.4) is 0 Å². The number of hydrogen-bond donors (Lipinski definition) is 1. The molecular formula is C18H22N2O3S. The fraction of sp³-hybridized carbons (Fsp3) is 0.389. The molecule has 24 heavy (non-hydrogen) atoms. The average Bonchev–Trinajstić information content (AvgIpc) is 2.97. The van der Waals surface area contributed by atoms with Crippen molar-refractivity contribution >= 4 is 23.2 Å². The molecule has 6 heteroatoms. The van der Waals surface area contributed by atoms with Gasteiger partial charge in [-0.15, -0.1) is 11.3 Å². The molecule has 0 aliphatic heterocycles. The van der Waals surface area contributed by atoms with E-state index >= 15 is 0 Å². The number of carboxylic acids is 1. The summed E-state index contributed by atoms with van der Waals surface area (Å²) in [7, 11) is 0. The van der Waals surface area contributed by atoms with Gasteiger partial charge in [-0.25, -0.2) is 4.98 Å². The van der Waals surface area contributed by atoms with Gasteiger partial charge in [0.1, 0.15) is 0 Å². The van der Waals surface area contributed by atoms with Crippen molar-refractivity contribution in [1.29, 1.82) is 0 Å². The molecule has 1 amide bonds. The number of carbonyl (C=O) groups is 2. The van der Waals surface area contributed by atoms with Crippen LogP contribution >= 0.6 is 11.3 Å². The van der Waals surface area contributed by atoms with Gasteiger partial charge in [0.2, 0.25) is 0 Å². The minimum atomic E-state index is -0.900. The molecule has 2 aromatic rings. The number of amides is 1. The Morgan fingerprint density at radius 3 is 2.67 bits per heavy atom. The summed E-state index contributed by atoms with van der Waals surface area (Å²) in [6.07, 6.45) is -0.0522. The molecule has 0 unspecified atom stereocenters. The Morgan fingerprint density at radius 1 is 1.33 bits per heavy atom. The molecule has 1 heterocycles. The Labute approximate surface area is 146 Å². The van der Waals surface area contributed by atoms with E-state index in [0.29, 0.717) is 12.1 Å². The highest BCUT2D eigenvalue weighted by atomic mass is 32.1. The highest BCUT2D eigenvalue weighted by molar-refractivity contribution is 7.09. The second kappa shape index (κ2) is 8.06. The summed E-state index contributed by atoms with van der Waals surface area (Å²) >= 11 is 1.57. The van der Waals surface area contributed by atoms with Crippen molar-refractivity contribution < 1.29 is 14.7 Å². The van der Waals surface area contributed by atoms with Crippen molar-refractivity contribution in [3.05, 3.63) is 40.2 Å². The van der Waals surface area contributed by atoms with Crippen molar-refractivity contribution in [3.63, 3.8) is 0 Å². The third-order valence-electron chi connectivity index (χ3n) is 3.49. The molecular weight excluding hydrogens is 324 g/mol. The molecule has 0 aliphatic carbocycles. The summed E-state index contributed by atoms with van der Waals surface area (Å²) < 4.78 is 0. The molecule has 0 radical (unpaired) electrons. The van der Waals surface area contributed by atoms with E-state index < -0.39 is 5.97 Å². The smallest absolute Gasteiger partial charge is 0.305 e. The third-order valence-corrected chi connectivity index (χ3v) is 4.27. The Kier molecular flexibility index (Phi) is 6.09. The molecule has 0 saturated carbocycles. The maximum absolute atomic E-state index is 12.8. The third kappa shape index (κ3) is 4.89. The lowest BCUT2D eigenvalue weighted by atomic mass is 10.1. The lowest BCUT2D eigenvalue weighted by Gasteiger charge is -2.24. The predicted molar refractivity (Wildman–Crippen MR) is 95.3 cm³/mol. The zero-order valence-electron chi connectivity index (χ0n) is 14.2. The fourth-order valence-electron chi connectivity index (χ4n) is 2.44. The maximum Gasteiger partial charge on any atom is 0.305 e. The van der Waals surface area contributed by atoms with Crippen LogP contribution in [0.5, 0.6) is 0 Å². The van der Waals surface area contributed by atoms with Gasteiger partial charge in [0.25, 0.3) is 5.91 Å². The Morgan fingerprint density at radius 2 is 2.08 bits per heavy atom. The molecule has 0 bridgehead atoms. The van der Waals surface area contributed by atoms with Gasteiger partial charge >= 0.3 is 5.97 Å². The molecule has 128 valence electrons. The zero-order valence-corrected chi connectivity index (χ0v) is 15.0. The summed E-state index contributed by atoms with van der Waals surface area (Å²) in [6, 6.07) is 7.35. The van der Waals surface area contributed by atoms with E-state index in [4.69, 9.17) is 5.11 Å². The van der Waals surface area contributed by atoms with E-state index in [1.54, 1.807) is 22.3 Å². The van der Waals surface area contributed by atoms with Crippen LogP contribution in [0.25, 0.3) is 11.3 Å². The monoisotopic (exact) mass is 346 g/mol. The Balaban J connectivity index is 2.23. The van der Waals surface area contributed by atoms with E-state index in [1.807, 2.05) is 44.4 Å². The summed E-state index contributed by atoms with van der Waals surface area (Å²) in [4.78, 5) is 29.7. The van der Waals surface area contributed by atoms with E-state index in [0.717, 1.165) is 16.3 Å². The predicted octanol–water partition coefficient (Wildman–Crippen LogP) is 3.69. The average molecular weight is 346 g/mol. The van der Waals surface area contributed by atoms with E-state index in [-0.39, 0.29) is 24.8 Å². The minimum absolute atomic E-state index is 0.0522. The Bertz CT molecular complexity index is 725. The number of hydrogen-bond acceptors (Lipinski definition) is 4. The first-order valence-electron chi connectivity index (χ1n) is 7.90. The summed E-state index contributed by atoms with van der Waals surface area (Å²) in [5.41, 5.74) is 2.31. The quantitative estimate of drug-likeness (QED) is 0.830. The molecule has 5 nitrogen and oxygen atoms in total. The number of aryl methyl sites for hydroxylation is 1. The van der Waals surface area contributed by atoms with Crippen LogP contribution in [0.15, 0.2) is 29.6 Å². The zero-order chi connectivity index (χ0) is 17.7. The minimum Gasteiger partial charge on any atom is -0.481 e. The first kappa shape index (κ1) is 18.1. The van der Waals surface area contributed by atoms with Gasteiger partial charge in [0, 0.05) is 29.6 Å². The topological polar surface area (TPSA) is 70.5 Å². The van der Waals surface area contributed by atoms with Crippen molar-refractivity contribution in [3.8, 4) is 11.3 Å². The highest BCUT2D eigenvalue weighted by Gasteiger charge is 2.18. The number of carbonyl (C=O) groups excluding carboxylic acids is 1. The molecule has 0 fully saturated rings. The Hall–Kier alpha value is -2.21. The van der Waals surface area contributed by atoms with Crippen LogP contribution in [-0.4, -0.2) is 40.0 Å². The highest BCUT2D eigenvalue weighted by Crippen LogP contribution is 2.23. The molecule has 0 aliphatic rings. The van der Waals surface area contributed by atoms with Crippen molar-refractivity contribution in [2.75, 3.05) is 13.1 Å². The van der Waals surface area contributed by atoms with Crippen molar-refractivity contribution in [1.82, 2.24) is 9.88 Å². The lowest BCUT2D eigenvalue weighted by molar-refractivity contribution is -0.137. The number of rotatable bonds is 7. The second-order valence-corrected chi connectivity index (χ2v) is 7.18. The molecule has 1 aromatic heterocycles. The number of aromatic nitrogens is 1. The molecule has 0 spiro atoms. The van der Waals surface area contributed by atoms with E-state index in [2.05, 4.69) is 4.98 Å². The largest absolute Gasteiger partial charge is 0.481 e. The standard InChI is InChI=1S/C18H22N2O3S/c1-12(2)10-20(8-7-17(21)22)18(23)15-6-4-5-14(9-15)16-11-24-13(3)19-16/h4-6,9,11-12H,7-8,10H2,1-3H3,(H,21,22). The van der Waals surface area contributed by atoms with Crippen LogP contribution in [0.1, 0.15) is 35.6 Å². The van der Waals surface area contributed by atoms with Crippen LogP contribution < -0.4 is 0 Å². The number of nitrogens with zero attached hydrogens (tertiary/aromatic N) is 2. The van der Waals surface area contributed by atoms with Crippen LogP contribution in [0.2, 0.25) is 0 Å². The number of benzene rings is 1. The van der Waals surface area contributed by atoms with Crippen LogP contribution in [0, 0.1) is 12.8 Å².